The highest BCUT2D eigenvalue weighted by Crippen LogP contribution is 2.27. The predicted molar refractivity (Wildman–Crippen MR) is 118 cm³/mol. The Labute approximate surface area is 175 Å². The minimum atomic E-state index is -3.80. The zero-order valence-corrected chi connectivity index (χ0v) is 17.6. The molecule has 1 atom stereocenters. The van der Waals surface area contributed by atoms with Crippen molar-refractivity contribution in [2.24, 2.45) is 0 Å². The Balaban J connectivity index is 1.60. The van der Waals surface area contributed by atoms with Gasteiger partial charge in [-0.15, -0.1) is 0 Å². The van der Waals surface area contributed by atoms with E-state index in [9.17, 15) is 13.2 Å². The van der Waals surface area contributed by atoms with Gasteiger partial charge in [0, 0.05) is 35.2 Å². The van der Waals surface area contributed by atoms with Gasteiger partial charge in [-0.1, -0.05) is 32.0 Å². The molecule has 0 fully saturated rings. The number of amides is 1. The summed E-state index contributed by atoms with van der Waals surface area (Å²) in [6.45, 7) is 4.20. The predicted octanol–water partition coefficient (Wildman–Crippen LogP) is 4.97. The van der Waals surface area contributed by atoms with Crippen LogP contribution in [0.3, 0.4) is 0 Å². The van der Waals surface area contributed by atoms with Crippen LogP contribution < -0.4 is 5.32 Å². The molecule has 7 heteroatoms. The molecule has 1 amide bonds. The number of nitrogens with zero attached hydrogens (tertiary/aromatic N) is 1. The molecule has 0 aliphatic heterocycles. The maximum atomic E-state index is 13.0. The molecule has 154 valence electrons. The summed E-state index contributed by atoms with van der Waals surface area (Å²) in [6.07, 6.45) is 5.45. The average molecular weight is 422 g/mol. The standard InChI is InChI=1S/C23H23N3O3S/c1-3-16(2)20-6-4-5-7-22(20)25-23(27)18-11-13-26(15-18)30(28,29)19-8-9-21-17(14-19)10-12-24-21/h4-16,24H,3H2,1-2H3,(H,25,27). The largest absolute Gasteiger partial charge is 0.361 e. The van der Waals surface area contributed by atoms with Crippen LogP contribution in [0.4, 0.5) is 5.69 Å². The molecule has 4 aromatic rings. The molecule has 2 aromatic carbocycles. The van der Waals surface area contributed by atoms with Crippen molar-refractivity contribution in [1.82, 2.24) is 8.96 Å². The lowest BCUT2D eigenvalue weighted by molar-refractivity contribution is 0.102. The highest BCUT2D eigenvalue weighted by Gasteiger charge is 2.20. The maximum Gasteiger partial charge on any atom is 0.267 e. The Morgan fingerprint density at radius 2 is 1.93 bits per heavy atom. The van der Waals surface area contributed by atoms with E-state index >= 15 is 0 Å². The van der Waals surface area contributed by atoms with Crippen LogP contribution in [0.5, 0.6) is 0 Å². The van der Waals surface area contributed by atoms with Crippen molar-refractivity contribution in [3.63, 3.8) is 0 Å². The molecular formula is C23H23N3O3S. The molecule has 0 aliphatic carbocycles. The third kappa shape index (κ3) is 3.64. The van der Waals surface area contributed by atoms with Gasteiger partial charge in [0.25, 0.3) is 15.9 Å². The van der Waals surface area contributed by atoms with E-state index in [2.05, 4.69) is 24.1 Å². The number of carbonyl (C=O) groups excluding carboxylic acids is 1. The zero-order valence-electron chi connectivity index (χ0n) is 16.8. The van der Waals surface area contributed by atoms with Crippen molar-refractivity contribution in [1.29, 1.82) is 0 Å². The molecule has 4 rings (SSSR count). The smallest absolute Gasteiger partial charge is 0.267 e. The third-order valence-corrected chi connectivity index (χ3v) is 7.01. The first-order valence-electron chi connectivity index (χ1n) is 9.81. The second-order valence-electron chi connectivity index (χ2n) is 7.31. The van der Waals surface area contributed by atoms with Crippen molar-refractivity contribution in [3.8, 4) is 0 Å². The fourth-order valence-corrected chi connectivity index (χ4v) is 4.66. The Morgan fingerprint density at radius 1 is 1.13 bits per heavy atom. The minimum absolute atomic E-state index is 0.166. The van der Waals surface area contributed by atoms with Crippen LogP contribution in [-0.4, -0.2) is 23.3 Å². The van der Waals surface area contributed by atoms with Crippen LogP contribution in [0.25, 0.3) is 10.9 Å². The minimum Gasteiger partial charge on any atom is -0.361 e. The number of aromatic amines is 1. The highest BCUT2D eigenvalue weighted by atomic mass is 32.2. The molecule has 6 nitrogen and oxygen atoms in total. The number of aromatic nitrogens is 2. The van der Waals surface area contributed by atoms with Crippen LogP contribution in [0.15, 0.2) is 78.1 Å². The fourth-order valence-electron chi connectivity index (χ4n) is 3.43. The van der Waals surface area contributed by atoms with Crippen molar-refractivity contribution >= 4 is 32.5 Å². The number of anilines is 1. The van der Waals surface area contributed by atoms with Crippen molar-refractivity contribution < 1.29 is 13.2 Å². The van der Waals surface area contributed by atoms with Crippen molar-refractivity contribution in [2.45, 2.75) is 31.1 Å². The topological polar surface area (TPSA) is 84.0 Å². The summed E-state index contributed by atoms with van der Waals surface area (Å²) < 4.78 is 27.1. The summed E-state index contributed by atoms with van der Waals surface area (Å²) in [4.78, 5) is 16.0. The van der Waals surface area contributed by atoms with Crippen molar-refractivity contribution in [3.05, 3.63) is 84.3 Å². The van der Waals surface area contributed by atoms with E-state index in [-0.39, 0.29) is 16.4 Å². The van der Waals surface area contributed by atoms with Gasteiger partial charge in [-0.3, -0.25) is 4.79 Å². The number of hydrogen-bond donors (Lipinski definition) is 2. The number of nitrogens with one attached hydrogen (secondary N) is 2. The summed E-state index contributed by atoms with van der Waals surface area (Å²) in [6, 6.07) is 15.9. The number of fused-ring (bicyclic) bond motifs is 1. The van der Waals surface area contributed by atoms with Gasteiger partial charge in [0.1, 0.15) is 0 Å². The number of para-hydroxylation sites is 1. The summed E-state index contributed by atoms with van der Waals surface area (Å²) in [5.74, 6) is -0.0457. The number of benzene rings is 2. The number of H-pyrrole nitrogens is 1. The molecule has 0 radical (unpaired) electrons. The van der Waals surface area contributed by atoms with Gasteiger partial charge in [0.05, 0.1) is 10.5 Å². The second kappa shape index (κ2) is 7.84. The van der Waals surface area contributed by atoms with Crippen LogP contribution in [0, 0.1) is 0 Å². The third-order valence-electron chi connectivity index (χ3n) is 5.38. The number of carbonyl (C=O) groups is 1. The molecule has 0 saturated heterocycles. The number of rotatable bonds is 6. The van der Waals surface area contributed by atoms with Gasteiger partial charge >= 0.3 is 0 Å². The lowest BCUT2D eigenvalue weighted by atomic mass is 9.97. The summed E-state index contributed by atoms with van der Waals surface area (Å²) in [5, 5.41) is 3.72. The van der Waals surface area contributed by atoms with Gasteiger partial charge in [-0.05, 0) is 54.3 Å². The van der Waals surface area contributed by atoms with Gasteiger partial charge < -0.3 is 10.3 Å². The second-order valence-corrected chi connectivity index (χ2v) is 9.16. The summed E-state index contributed by atoms with van der Waals surface area (Å²) in [7, 11) is -3.80. The molecule has 2 N–H and O–H groups in total. The first-order chi connectivity index (χ1) is 14.4. The van der Waals surface area contributed by atoms with Crippen LogP contribution in [-0.2, 0) is 10.0 Å². The molecule has 2 aromatic heterocycles. The van der Waals surface area contributed by atoms with Gasteiger partial charge in [0.2, 0.25) is 0 Å². The highest BCUT2D eigenvalue weighted by molar-refractivity contribution is 7.90. The van der Waals surface area contributed by atoms with E-state index in [0.29, 0.717) is 5.92 Å². The maximum absolute atomic E-state index is 13.0. The van der Waals surface area contributed by atoms with E-state index in [1.54, 1.807) is 24.4 Å². The quantitative estimate of drug-likeness (QED) is 0.461. The Morgan fingerprint density at radius 3 is 2.73 bits per heavy atom. The fraction of sp³-hybridized carbons (Fsp3) is 0.174. The molecule has 0 bridgehead atoms. The van der Waals surface area contributed by atoms with Gasteiger partial charge in [-0.25, -0.2) is 12.4 Å². The molecule has 30 heavy (non-hydrogen) atoms. The molecule has 2 heterocycles. The van der Waals surface area contributed by atoms with Crippen LogP contribution >= 0.6 is 0 Å². The molecule has 0 spiro atoms. The van der Waals surface area contributed by atoms with Crippen molar-refractivity contribution in [2.75, 3.05) is 5.32 Å². The first-order valence-corrected chi connectivity index (χ1v) is 11.2. The Kier molecular flexibility index (Phi) is 5.22. The van der Waals surface area contributed by atoms with E-state index in [0.717, 1.165) is 32.5 Å². The van der Waals surface area contributed by atoms with Gasteiger partial charge in [0.15, 0.2) is 0 Å². The zero-order chi connectivity index (χ0) is 21.3. The molecule has 1 unspecified atom stereocenters. The van der Waals surface area contributed by atoms with E-state index in [1.165, 1.54) is 18.5 Å². The molecular weight excluding hydrogens is 398 g/mol. The van der Waals surface area contributed by atoms with E-state index in [4.69, 9.17) is 0 Å². The first kappa shape index (κ1) is 20.0. The number of hydrogen-bond acceptors (Lipinski definition) is 3. The molecule has 0 saturated carbocycles. The lowest BCUT2D eigenvalue weighted by Crippen LogP contribution is -2.14. The van der Waals surface area contributed by atoms with Gasteiger partial charge in [-0.2, -0.15) is 0 Å². The SMILES string of the molecule is CCC(C)c1ccccc1NC(=O)c1ccn(S(=O)(=O)c2ccc3[nH]ccc3c2)c1. The van der Waals surface area contributed by atoms with Crippen LogP contribution in [0.2, 0.25) is 0 Å². The lowest BCUT2D eigenvalue weighted by Gasteiger charge is -2.15. The summed E-state index contributed by atoms with van der Waals surface area (Å²) >= 11 is 0. The summed E-state index contributed by atoms with van der Waals surface area (Å²) in [5.41, 5.74) is 2.94. The van der Waals surface area contributed by atoms with E-state index in [1.807, 2.05) is 30.3 Å². The molecule has 0 aliphatic rings. The van der Waals surface area contributed by atoms with E-state index < -0.39 is 10.0 Å². The van der Waals surface area contributed by atoms with Crippen LogP contribution in [0.1, 0.15) is 42.1 Å². The Hall–Kier alpha value is -3.32. The normalized spacial score (nSPS) is 12.7. The average Bonchev–Trinajstić information content (AvgIpc) is 3.43. The monoisotopic (exact) mass is 421 g/mol. The Bertz CT molecular complexity index is 1320.